The number of fused-ring (bicyclic) bond motifs is 1. The number of hydrogen-bond donors (Lipinski definition) is 0. The third-order valence-corrected chi connectivity index (χ3v) is 6.05. The van der Waals surface area contributed by atoms with E-state index >= 15 is 0 Å². The zero-order chi connectivity index (χ0) is 21.2. The summed E-state index contributed by atoms with van der Waals surface area (Å²) in [4.78, 5) is 30.2. The van der Waals surface area contributed by atoms with Crippen molar-refractivity contribution in [3.8, 4) is 11.4 Å². The summed E-state index contributed by atoms with van der Waals surface area (Å²) < 4.78 is 7.69. The van der Waals surface area contributed by atoms with Gasteiger partial charge in [-0.15, -0.1) is 0 Å². The molecule has 0 spiro atoms. The molecular formula is C23H26N6O2. The van der Waals surface area contributed by atoms with Gasteiger partial charge in [0.15, 0.2) is 0 Å². The first kappa shape index (κ1) is 19.8. The molecule has 160 valence electrons. The molecule has 2 aromatic heterocycles. The predicted octanol–water partition coefficient (Wildman–Crippen LogP) is 1.50. The molecule has 0 amide bonds. The van der Waals surface area contributed by atoms with Gasteiger partial charge in [-0.05, 0) is 23.6 Å². The lowest BCUT2D eigenvalue weighted by Crippen LogP contribution is -2.49. The van der Waals surface area contributed by atoms with Crippen molar-refractivity contribution in [3.63, 3.8) is 0 Å². The Balaban J connectivity index is 1.33. The van der Waals surface area contributed by atoms with Crippen LogP contribution in [0.1, 0.15) is 11.1 Å². The van der Waals surface area contributed by atoms with Gasteiger partial charge in [0.25, 0.3) is 5.56 Å². The van der Waals surface area contributed by atoms with E-state index in [0.29, 0.717) is 37.0 Å². The minimum Gasteiger partial charge on any atom is -0.373 e. The average molecular weight is 419 g/mol. The summed E-state index contributed by atoms with van der Waals surface area (Å²) >= 11 is 0. The third-order valence-electron chi connectivity index (χ3n) is 6.05. The molecule has 0 N–H and O–H groups in total. The number of nitrogens with zero attached hydrogens (tertiary/aromatic N) is 6. The number of rotatable bonds is 4. The molecule has 1 unspecified atom stereocenters. The molecule has 2 aliphatic rings. The second kappa shape index (κ2) is 8.56. The zero-order valence-corrected chi connectivity index (χ0v) is 17.6. The quantitative estimate of drug-likeness (QED) is 0.636. The summed E-state index contributed by atoms with van der Waals surface area (Å²) in [6, 6.07) is 12.0. The first-order valence-corrected chi connectivity index (χ1v) is 10.7. The molecule has 4 heterocycles. The highest BCUT2D eigenvalue weighted by atomic mass is 16.5. The molecule has 8 heteroatoms. The van der Waals surface area contributed by atoms with Crippen LogP contribution in [0, 0.1) is 0 Å². The lowest BCUT2D eigenvalue weighted by molar-refractivity contribution is 0.0123. The van der Waals surface area contributed by atoms with Crippen molar-refractivity contribution in [2.45, 2.75) is 19.1 Å². The molecule has 5 rings (SSSR count). The maximum Gasteiger partial charge on any atom is 0.255 e. The van der Waals surface area contributed by atoms with Gasteiger partial charge in [-0.25, -0.2) is 15.0 Å². The van der Waals surface area contributed by atoms with Gasteiger partial charge in [0, 0.05) is 52.0 Å². The van der Waals surface area contributed by atoms with E-state index in [0.717, 1.165) is 26.1 Å². The lowest BCUT2D eigenvalue weighted by Gasteiger charge is -2.38. The van der Waals surface area contributed by atoms with E-state index in [1.54, 1.807) is 23.9 Å². The van der Waals surface area contributed by atoms with Crippen molar-refractivity contribution in [3.05, 3.63) is 70.4 Å². The first-order valence-electron chi connectivity index (χ1n) is 10.7. The normalized spacial score (nSPS) is 19.3. The van der Waals surface area contributed by atoms with Crippen molar-refractivity contribution in [2.75, 3.05) is 37.7 Å². The largest absolute Gasteiger partial charge is 0.373 e. The number of ether oxygens (including phenoxy) is 1. The third kappa shape index (κ3) is 4.22. The number of anilines is 1. The summed E-state index contributed by atoms with van der Waals surface area (Å²) in [6.07, 6.45) is 4.26. The Kier molecular flexibility index (Phi) is 5.48. The highest BCUT2D eigenvalue weighted by Crippen LogP contribution is 2.22. The van der Waals surface area contributed by atoms with Crippen LogP contribution in [0.15, 0.2) is 53.7 Å². The Morgan fingerprint density at radius 2 is 2.00 bits per heavy atom. The van der Waals surface area contributed by atoms with E-state index in [1.165, 1.54) is 23.5 Å². The molecular weight excluding hydrogens is 392 g/mol. The van der Waals surface area contributed by atoms with Crippen LogP contribution in [0.5, 0.6) is 0 Å². The Hall–Kier alpha value is -3.10. The molecule has 2 aliphatic heterocycles. The fraction of sp³-hybridized carbons (Fsp3) is 0.391. The monoisotopic (exact) mass is 418 g/mol. The van der Waals surface area contributed by atoms with Gasteiger partial charge in [0.1, 0.15) is 6.33 Å². The van der Waals surface area contributed by atoms with Crippen LogP contribution in [0.25, 0.3) is 11.4 Å². The van der Waals surface area contributed by atoms with E-state index < -0.39 is 0 Å². The SMILES string of the molecule is Cn1c(N2CCOC(CN3CCc4ccccc4C3)C2)nc(-c2ccncn2)cc1=O. The van der Waals surface area contributed by atoms with Crippen molar-refractivity contribution in [1.29, 1.82) is 0 Å². The Morgan fingerprint density at radius 3 is 2.84 bits per heavy atom. The molecule has 1 fully saturated rings. The van der Waals surface area contributed by atoms with Crippen molar-refractivity contribution < 1.29 is 4.74 Å². The first-order chi connectivity index (χ1) is 15.2. The molecule has 0 bridgehead atoms. The second-order valence-corrected chi connectivity index (χ2v) is 8.13. The van der Waals surface area contributed by atoms with Gasteiger partial charge < -0.3 is 9.64 Å². The molecule has 31 heavy (non-hydrogen) atoms. The standard InChI is InChI=1S/C23H26N6O2/c1-27-22(30)12-21(20-6-8-24-16-25-20)26-23(27)29-10-11-31-19(15-29)14-28-9-7-17-4-2-3-5-18(17)13-28/h2-6,8,12,16,19H,7,9-11,13-15H2,1H3. The van der Waals surface area contributed by atoms with Gasteiger partial charge in [0.05, 0.1) is 24.1 Å². The Morgan fingerprint density at radius 1 is 1.13 bits per heavy atom. The van der Waals surface area contributed by atoms with Crippen LogP contribution < -0.4 is 10.5 Å². The fourth-order valence-corrected chi connectivity index (χ4v) is 4.39. The highest BCUT2D eigenvalue weighted by molar-refractivity contribution is 5.55. The zero-order valence-electron chi connectivity index (χ0n) is 17.6. The summed E-state index contributed by atoms with van der Waals surface area (Å²) in [6.45, 7) is 4.87. The van der Waals surface area contributed by atoms with E-state index in [4.69, 9.17) is 9.72 Å². The van der Waals surface area contributed by atoms with E-state index in [9.17, 15) is 4.79 Å². The highest BCUT2D eigenvalue weighted by Gasteiger charge is 2.27. The van der Waals surface area contributed by atoms with Gasteiger partial charge in [-0.2, -0.15) is 0 Å². The fourth-order valence-electron chi connectivity index (χ4n) is 4.39. The predicted molar refractivity (Wildman–Crippen MR) is 118 cm³/mol. The van der Waals surface area contributed by atoms with E-state index in [-0.39, 0.29) is 11.7 Å². The molecule has 1 atom stereocenters. The topological polar surface area (TPSA) is 76.4 Å². The van der Waals surface area contributed by atoms with Crippen LogP contribution in [0.3, 0.4) is 0 Å². The maximum atomic E-state index is 12.6. The molecule has 1 saturated heterocycles. The van der Waals surface area contributed by atoms with Gasteiger partial charge >= 0.3 is 0 Å². The van der Waals surface area contributed by atoms with Crippen molar-refractivity contribution in [2.24, 2.45) is 7.05 Å². The van der Waals surface area contributed by atoms with Crippen LogP contribution >= 0.6 is 0 Å². The Labute approximate surface area is 181 Å². The summed E-state index contributed by atoms with van der Waals surface area (Å²) in [5.41, 5.74) is 3.96. The summed E-state index contributed by atoms with van der Waals surface area (Å²) in [7, 11) is 1.76. The smallest absolute Gasteiger partial charge is 0.255 e. The summed E-state index contributed by atoms with van der Waals surface area (Å²) in [5.74, 6) is 0.651. The number of benzene rings is 1. The van der Waals surface area contributed by atoms with Crippen LogP contribution in [-0.2, 0) is 24.8 Å². The molecule has 0 saturated carbocycles. The minimum absolute atomic E-state index is 0.0682. The van der Waals surface area contributed by atoms with Crippen LogP contribution in [-0.4, -0.2) is 63.3 Å². The molecule has 0 radical (unpaired) electrons. The van der Waals surface area contributed by atoms with Crippen molar-refractivity contribution >= 4 is 5.95 Å². The maximum absolute atomic E-state index is 12.6. The van der Waals surface area contributed by atoms with Gasteiger partial charge in [-0.3, -0.25) is 14.3 Å². The number of aromatic nitrogens is 4. The van der Waals surface area contributed by atoms with E-state index in [1.807, 2.05) is 0 Å². The lowest BCUT2D eigenvalue weighted by atomic mass is 9.99. The van der Waals surface area contributed by atoms with Crippen LogP contribution in [0.4, 0.5) is 5.95 Å². The molecule has 8 nitrogen and oxygen atoms in total. The van der Waals surface area contributed by atoms with Gasteiger partial charge in [0.2, 0.25) is 5.95 Å². The molecule has 0 aliphatic carbocycles. The Bertz CT molecular complexity index is 1120. The second-order valence-electron chi connectivity index (χ2n) is 8.13. The number of morpholine rings is 1. The van der Waals surface area contributed by atoms with Crippen LogP contribution in [0.2, 0.25) is 0 Å². The minimum atomic E-state index is -0.103. The van der Waals surface area contributed by atoms with E-state index in [2.05, 4.69) is 44.0 Å². The van der Waals surface area contributed by atoms with Gasteiger partial charge in [-0.1, -0.05) is 24.3 Å². The summed E-state index contributed by atoms with van der Waals surface area (Å²) in [5, 5.41) is 0. The molecule has 1 aromatic carbocycles. The van der Waals surface area contributed by atoms with Crippen molar-refractivity contribution in [1.82, 2.24) is 24.4 Å². The number of hydrogen-bond acceptors (Lipinski definition) is 7. The molecule has 3 aromatic rings. The average Bonchev–Trinajstić information content (AvgIpc) is 2.81.